The molecule has 0 radical (unpaired) electrons. The summed E-state index contributed by atoms with van der Waals surface area (Å²) >= 11 is 12.1. The Kier molecular flexibility index (Phi) is 4.68. The van der Waals surface area contributed by atoms with Crippen LogP contribution in [0.3, 0.4) is 0 Å². The van der Waals surface area contributed by atoms with Crippen molar-refractivity contribution < 1.29 is 4.42 Å². The standard InChI is InChI=1S/C15H18Cl2N4O/c1-10-8-20(2)5-6-21(10)9-14-18-19-15(22-14)12-4-3-11(16)7-13(12)17/h3-4,7,10H,5-6,8-9H2,1-2H3/t10-/m0/s1. The molecule has 0 unspecified atom stereocenters. The van der Waals surface area contributed by atoms with Crippen LogP contribution in [0.4, 0.5) is 0 Å². The van der Waals surface area contributed by atoms with Crippen LogP contribution in [0.15, 0.2) is 22.6 Å². The Labute approximate surface area is 139 Å². The highest BCUT2D eigenvalue weighted by molar-refractivity contribution is 6.36. The van der Waals surface area contributed by atoms with Crippen LogP contribution in [-0.4, -0.2) is 52.7 Å². The summed E-state index contributed by atoms with van der Waals surface area (Å²) in [5.74, 6) is 1.04. The van der Waals surface area contributed by atoms with Crippen LogP contribution in [0.1, 0.15) is 12.8 Å². The van der Waals surface area contributed by atoms with E-state index in [9.17, 15) is 0 Å². The maximum absolute atomic E-state index is 6.18. The molecule has 0 saturated carbocycles. The number of nitrogens with zero attached hydrogens (tertiary/aromatic N) is 4. The number of rotatable bonds is 3. The number of hydrogen-bond donors (Lipinski definition) is 0. The summed E-state index contributed by atoms with van der Waals surface area (Å²) in [6, 6.07) is 5.69. The number of piperazine rings is 1. The molecule has 118 valence electrons. The molecule has 0 amide bonds. The van der Waals surface area contributed by atoms with Gasteiger partial charge >= 0.3 is 0 Å². The Hall–Kier alpha value is -1.14. The van der Waals surface area contributed by atoms with Crippen molar-refractivity contribution in [1.82, 2.24) is 20.0 Å². The van der Waals surface area contributed by atoms with E-state index < -0.39 is 0 Å². The number of likely N-dealkylation sites (N-methyl/N-ethyl adjacent to an activating group) is 1. The summed E-state index contributed by atoms with van der Waals surface area (Å²) in [7, 11) is 2.14. The molecule has 1 saturated heterocycles. The van der Waals surface area contributed by atoms with Gasteiger partial charge in [-0.05, 0) is 32.2 Å². The lowest BCUT2D eigenvalue weighted by Gasteiger charge is -2.37. The van der Waals surface area contributed by atoms with E-state index in [0.29, 0.717) is 40.0 Å². The molecule has 22 heavy (non-hydrogen) atoms. The van der Waals surface area contributed by atoms with Gasteiger partial charge in [-0.15, -0.1) is 10.2 Å². The average molecular weight is 341 g/mol. The number of benzene rings is 1. The van der Waals surface area contributed by atoms with Gasteiger partial charge in [-0.3, -0.25) is 4.90 Å². The van der Waals surface area contributed by atoms with Crippen molar-refractivity contribution in [3.63, 3.8) is 0 Å². The number of hydrogen-bond acceptors (Lipinski definition) is 5. The minimum absolute atomic E-state index is 0.429. The van der Waals surface area contributed by atoms with E-state index in [1.807, 2.05) is 0 Å². The molecule has 2 heterocycles. The fourth-order valence-corrected chi connectivity index (χ4v) is 3.16. The zero-order valence-electron chi connectivity index (χ0n) is 12.6. The summed E-state index contributed by atoms with van der Waals surface area (Å²) in [5, 5.41) is 9.33. The van der Waals surface area contributed by atoms with Crippen molar-refractivity contribution in [2.75, 3.05) is 26.7 Å². The molecule has 3 rings (SSSR count). The van der Waals surface area contributed by atoms with Gasteiger partial charge in [-0.25, -0.2) is 0 Å². The molecule has 0 bridgehead atoms. The molecule has 1 aromatic heterocycles. The first kappa shape index (κ1) is 15.7. The molecule has 1 atom stereocenters. The summed E-state index contributed by atoms with van der Waals surface area (Å²) in [5.41, 5.74) is 0.705. The van der Waals surface area contributed by atoms with E-state index in [1.54, 1.807) is 18.2 Å². The Bertz CT molecular complexity index is 661. The van der Waals surface area contributed by atoms with Crippen LogP contribution in [0.25, 0.3) is 11.5 Å². The fourth-order valence-electron chi connectivity index (χ4n) is 2.68. The van der Waals surface area contributed by atoms with Gasteiger partial charge in [0.2, 0.25) is 11.8 Å². The molecule has 1 aliphatic rings. The molecule has 5 nitrogen and oxygen atoms in total. The van der Waals surface area contributed by atoms with Crippen molar-refractivity contribution in [3.05, 3.63) is 34.1 Å². The smallest absolute Gasteiger partial charge is 0.249 e. The summed E-state index contributed by atoms with van der Waals surface area (Å²) in [4.78, 5) is 4.68. The molecule has 2 aromatic rings. The first-order chi connectivity index (χ1) is 10.5. The largest absolute Gasteiger partial charge is 0.419 e. The predicted molar refractivity (Wildman–Crippen MR) is 87.1 cm³/mol. The maximum atomic E-state index is 6.18. The van der Waals surface area contributed by atoms with Gasteiger partial charge < -0.3 is 9.32 Å². The Morgan fingerprint density at radius 1 is 1.27 bits per heavy atom. The highest BCUT2D eigenvalue weighted by Gasteiger charge is 2.23. The molecule has 0 spiro atoms. The van der Waals surface area contributed by atoms with Gasteiger partial charge in [0.15, 0.2) is 0 Å². The first-order valence-corrected chi connectivity index (χ1v) is 7.99. The maximum Gasteiger partial charge on any atom is 0.249 e. The van der Waals surface area contributed by atoms with E-state index in [0.717, 1.165) is 19.6 Å². The van der Waals surface area contributed by atoms with Gasteiger partial charge in [0, 0.05) is 30.7 Å². The second kappa shape index (κ2) is 6.54. The summed E-state index contributed by atoms with van der Waals surface area (Å²) in [6.45, 7) is 5.96. The van der Waals surface area contributed by atoms with E-state index >= 15 is 0 Å². The third-order valence-electron chi connectivity index (χ3n) is 3.93. The van der Waals surface area contributed by atoms with Crippen LogP contribution in [0.5, 0.6) is 0 Å². The first-order valence-electron chi connectivity index (χ1n) is 7.23. The minimum atomic E-state index is 0.429. The lowest BCUT2D eigenvalue weighted by Crippen LogP contribution is -2.49. The highest BCUT2D eigenvalue weighted by Crippen LogP contribution is 2.29. The average Bonchev–Trinajstić information content (AvgIpc) is 2.90. The van der Waals surface area contributed by atoms with E-state index in [2.05, 4.69) is 34.0 Å². The Morgan fingerprint density at radius 3 is 2.82 bits per heavy atom. The van der Waals surface area contributed by atoms with Crippen molar-refractivity contribution in [1.29, 1.82) is 0 Å². The van der Waals surface area contributed by atoms with E-state index in [-0.39, 0.29) is 0 Å². The fraction of sp³-hybridized carbons (Fsp3) is 0.467. The van der Waals surface area contributed by atoms with Crippen molar-refractivity contribution in [2.45, 2.75) is 19.5 Å². The Morgan fingerprint density at radius 2 is 2.09 bits per heavy atom. The van der Waals surface area contributed by atoms with Gasteiger partial charge in [-0.1, -0.05) is 23.2 Å². The Balaban J connectivity index is 1.74. The van der Waals surface area contributed by atoms with Crippen molar-refractivity contribution >= 4 is 23.2 Å². The molecule has 1 fully saturated rings. The third kappa shape index (κ3) is 3.43. The molecule has 1 aromatic carbocycles. The highest BCUT2D eigenvalue weighted by atomic mass is 35.5. The van der Waals surface area contributed by atoms with Crippen LogP contribution in [0.2, 0.25) is 10.0 Å². The molecular weight excluding hydrogens is 323 g/mol. The zero-order chi connectivity index (χ0) is 15.7. The second-order valence-corrected chi connectivity index (χ2v) is 6.55. The predicted octanol–water partition coefficient (Wildman–Crippen LogP) is 3.18. The van der Waals surface area contributed by atoms with Crippen molar-refractivity contribution in [3.8, 4) is 11.5 Å². The summed E-state index contributed by atoms with van der Waals surface area (Å²) in [6.07, 6.45) is 0. The quantitative estimate of drug-likeness (QED) is 0.858. The van der Waals surface area contributed by atoms with Crippen LogP contribution >= 0.6 is 23.2 Å². The SMILES string of the molecule is C[C@H]1CN(C)CCN1Cc1nnc(-c2ccc(Cl)cc2Cl)o1. The zero-order valence-corrected chi connectivity index (χ0v) is 14.1. The van der Waals surface area contributed by atoms with Gasteiger partial charge in [0.05, 0.1) is 17.1 Å². The molecule has 0 aliphatic carbocycles. The lowest BCUT2D eigenvalue weighted by molar-refractivity contribution is 0.0860. The molecule has 0 N–H and O–H groups in total. The third-order valence-corrected chi connectivity index (χ3v) is 4.48. The van der Waals surface area contributed by atoms with E-state index in [4.69, 9.17) is 27.6 Å². The number of halogens is 2. The minimum Gasteiger partial charge on any atom is -0.419 e. The summed E-state index contributed by atoms with van der Waals surface area (Å²) < 4.78 is 5.76. The normalized spacial score (nSPS) is 20.5. The van der Waals surface area contributed by atoms with Crippen LogP contribution in [0, 0.1) is 0 Å². The van der Waals surface area contributed by atoms with Crippen LogP contribution < -0.4 is 0 Å². The van der Waals surface area contributed by atoms with Gasteiger partial charge in [0.25, 0.3) is 0 Å². The lowest BCUT2D eigenvalue weighted by atomic mass is 10.2. The molecule has 7 heteroatoms. The molecular formula is C15H18Cl2N4O. The van der Waals surface area contributed by atoms with Gasteiger partial charge in [0.1, 0.15) is 0 Å². The molecule has 1 aliphatic heterocycles. The van der Waals surface area contributed by atoms with E-state index in [1.165, 1.54) is 0 Å². The van der Waals surface area contributed by atoms with Gasteiger partial charge in [-0.2, -0.15) is 0 Å². The van der Waals surface area contributed by atoms with Crippen molar-refractivity contribution in [2.24, 2.45) is 0 Å². The van der Waals surface area contributed by atoms with Crippen LogP contribution in [-0.2, 0) is 6.54 Å². The topological polar surface area (TPSA) is 45.4 Å². The monoisotopic (exact) mass is 340 g/mol. The number of aromatic nitrogens is 2. The second-order valence-electron chi connectivity index (χ2n) is 5.71.